The highest BCUT2D eigenvalue weighted by Gasteiger charge is 2.24. The molecule has 0 amide bonds. The fourth-order valence-electron chi connectivity index (χ4n) is 2.84. The summed E-state index contributed by atoms with van der Waals surface area (Å²) in [6.45, 7) is 4.44. The van der Waals surface area contributed by atoms with Crippen LogP contribution in [-0.4, -0.2) is 18.5 Å². The lowest BCUT2D eigenvalue weighted by molar-refractivity contribution is -0.696. The second kappa shape index (κ2) is 9.97. The molecule has 0 saturated carbocycles. The Bertz CT molecular complexity index is 476. The van der Waals surface area contributed by atoms with E-state index in [1.165, 1.54) is 37.8 Å². The monoisotopic (exact) mass is 350 g/mol. The summed E-state index contributed by atoms with van der Waals surface area (Å²) in [6, 6.07) is 5.04. The van der Waals surface area contributed by atoms with Gasteiger partial charge in [0, 0.05) is 24.1 Å². The molecule has 0 unspecified atom stereocenters. The van der Waals surface area contributed by atoms with Crippen LogP contribution in [0.15, 0.2) is 24.5 Å². The third kappa shape index (κ3) is 5.80. The Hall–Kier alpha value is -0.850. The first-order chi connectivity index (χ1) is 9.81. The normalized spacial score (nSPS) is 17.9. The number of nitrogens with zero attached hydrogens (tertiary/aromatic N) is 2. The Kier molecular flexibility index (Phi) is 8.64. The average molecular weight is 351 g/mol. The molecule has 1 aliphatic rings. The molecule has 0 spiro atoms. The first-order valence-electron chi connectivity index (χ1n) is 7.96. The molecule has 2 nitrogen and oxygen atoms in total. The van der Waals surface area contributed by atoms with Gasteiger partial charge in [0.1, 0.15) is 0 Å². The van der Waals surface area contributed by atoms with Crippen LogP contribution >= 0.6 is 0 Å². The molecule has 0 bridgehead atoms. The molecule has 0 N–H and O–H groups in total. The van der Waals surface area contributed by atoms with Gasteiger partial charge in [0.25, 0.3) is 0 Å². The van der Waals surface area contributed by atoms with Crippen LogP contribution in [-0.2, 0) is 6.54 Å². The molecule has 2 heterocycles. The van der Waals surface area contributed by atoms with E-state index >= 15 is 0 Å². The van der Waals surface area contributed by atoms with Gasteiger partial charge in [0.15, 0.2) is 18.9 Å². The lowest BCUT2D eigenvalue weighted by atomic mass is 10.1. The molecule has 0 radical (unpaired) electrons. The Balaban J connectivity index is 0.00000220. The first kappa shape index (κ1) is 18.2. The molecule has 1 aromatic heterocycles. The minimum Gasteiger partial charge on any atom is -1.00 e. The molecule has 1 aromatic rings. The van der Waals surface area contributed by atoms with Crippen molar-refractivity contribution in [1.82, 2.24) is 4.90 Å². The van der Waals surface area contributed by atoms with E-state index in [1.807, 2.05) is 0 Å². The largest absolute Gasteiger partial charge is 1.00 e. The minimum absolute atomic E-state index is 0. The molecule has 3 heteroatoms. The smallest absolute Gasteiger partial charge is 0.173 e. The van der Waals surface area contributed by atoms with Gasteiger partial charge in [0.2, 0.25) is 0 Å². The number of hydrogen-bond acceptors (Lipinski definition) is 1. The maximum absolute atomic E-state index is 3.29. The van der Waals surface area contributed by atoms with Gasteiger partial charge in [-0.25, -0.2) is 4.57 Å². The number of aromatic nitrogens is 1. The number of pyridine rings is 1. The van der Waals surface area contributed by atoms with Gasteiger partial charge in [-0.2, -0.15) is 0 Å². The van der Waals surface area contributed by atoms with Crippen molar-refractivity contribution < 1.29 is 21.5 Å². The van der Waals surface area contributed by atoms with Crippen LogP contribution in [0.5, 0.6) is 0 Å². The average Bonchev–Trinajstić information content (AvgIpc) is 2.89. The molecule has 21 heavy (non-hydrogen) atoms. The lowest BCUT2D eigenvalue weighted by Crippen LogP contribution is -3.00. The highest BCUT2D eigenvalue weighted by atomic mass is 79.9. The highest BCUT2D eigenvalue weighted by molar-refractivity contribution is 5.12. The van der Waals surface area contributed by atoms with Gasteiger partial charge >= 0.3 is 0 Å². The molecule has 0 aliphatic carbocycles. The summed E-state index contributed by atoms with van der Waals surface area (Å²) in [7, 11) is 2.23. The fourth-order valence-corrected chi connectivity index (χ4v) is 2.84. The van der Waals surface area contributed by atoms with Crippen molar-refractivity contribution in [2.24, 2.45) is 0 Å². The van der Waals surface area contributed by atoms with E-state index < -0.39 is 0 Å². The number of likely N-dealkylation sites (tertiary alicyclic amines) is 1. The molecule has 1 atom stereocenters. The zero-order valence-corrected chi connectivity index (χ0v) is 14.9. The van der Waals surface area contributed by atoms with Crippen molar-refractivity contribution in [3.8, 4) is 11.8 Å². The molecule has 1 fully saturated rings. The van der Waals surface area contributed by atoms with Crippen molar-refractivity contribution in [3.63, 3.8) is 0 Å². The highest BCUT2D eigenvalue weighted by Crippen LogP contribution is 2.29. The van der Waals surface area contributed by atoms with Crippen LogP contribution in [0, 0.1) is 11.8 Å². The summed E-state index contributed by atoms with van der Waals surface area (Å²) >= 11 is 0. The summed E-state index contributed by atoms with van der Waals surface area (Å²) in [6.07, 6.45) is 11.5. The molecule has 116 valence electrons. The van der Waals surface area contributed by atoms with Crippen LogP contribution in [0.1, 0.15) is 57.1 Å². The number of halogens is 1. The third-order valence-electron chi connectivity index (χ3n) is 4.06. The number of hydrogen-bond donors (Lipinski definition) is 0. The molecule has 1 saturated heterocycles. The second-order valence-electron chi connectivity index (χ2n) is 5.72. The Labute approximate surface area is 140 Å². The first-order valence-corrected chi connectivity index (χ1v) is 7.96. The van der Waals surface area contributed by atoms with Gasteiger partial charge in [-0.3, -0.25) is 4.90 Å². The molecular weight excluding hydrogens is 324 g/mol. The summed E-state index contributed by atoms with van der Waals surface area (Å²) in [4.78, 5) is 2.46. The zero-order valence-electron chi connectivity index (χ0n) is 13.3. The second-order valence-corrected chi connectivity index (χ2v) is 5.72. The predicted octanol–water partition coefficient (Wildman–Crippen LogP) is 0.329. The van der Waals surface area contributed by atoms with Crippen LogP contribution in [0.25, 0.3) is 0 Å². The number of aryl methyl sites for hydroxylation is 1. The number of rotatable bonds is 5. The van der Waals surface area contributed by atoms with Gasteiger partial charge in [0.05, 0.1) is 6.42 Å². The van der Waals surface area contributed by atoms with E-state index in [1.54, 1.807) is 0 Å². The molecule has 1 aliphatic heterocycles. The summed E-state index contributed by atoms with van der Waals surface area (Å²) in [5.41, 5.74) is 1.45. The van der Waals surface area contributed by atoms with Crippen molar-refractivity contribution in [2.45, 2.75) is 58.0 Å². The quantitative estimate of drug-likeness (QED) is 0.421. The van der Waals surface area contributed by atoms with E-state index in [9.17, 15) is 0 Å². The number of unbranched alkanes of at least 4 members (excludes halogenated alkanes) is 2. The molecule has 2 rings (SSSR count). The molecular formula is C18H27BrN2. The topological polar surface area (TPSA) is 7.12 Å². The summed E-state index contributed by atoms with van der Waals surface area (Å²) in [5, 5.41) is 0. The van der Waals surface area contributed by atoms with Gasteiger partial charge in [-0.15, -0.1) is 5.92 Å². The standard InChI is InChI=1S/C18H27N2.BrH/c1-3-4-5-6-7-8-14-20-15-9-11-17(16-20)18-12-10-13-19(18)2;/h9,11,15-16,18H,3-5,8,10,12-14H2,1-2H3;1H/q+1;/p-1/t18-;/m0./s1. The Morgan fingerprint density at radius 2 is 2.14 bits per heavy atom. The van der Waals surface area contributed by atoms with Crippen molar-refractivity contribution in [2.75, 3.05) is 13.6 Å². The van der Waals surface area contributed by atoms with Gasteiger partial charge in [-0.05, 0) is 38.9 Å². The van der Waals surface area contributed by atoms with Gasteiger partial charge < -0.3 is 17.0 Å². The third-order valence-corrected chi connectivity index (χ3v) is 4.06. The zero-order chi connectivity index (χ0) is 14.2. The maximum atomic E-state index is 3.29. The lowest BCUT2D eigenvalue weighted by Gasteiger charge is -2.18. The van der Waals surface area contributed by atoms with E-state index in [4.69, 9.17) is 0 Å². The van der Waals surface area contributed by atoms with Crippen molar-refractivity contribution >= 4 is 0 Å². The van der Waals surface area contributed by atoms with E-state index in [0.717, 1.165) is 19.4 Å². The Morgan fingerprint density at radius 3 is 2.86 bits per heavy atom. The summed E-state index contributed by atoms with van der Waals surface area (Å²) in [5.74, 6) is 6.55. The van der Waals surface area contributed by atoms with Crippen LogP contribution < -0.4 is 21.5 Å². The van der Waals surface area contributed by atoms with Crippen molar-refractivity contribution in [1.29, 1.82) is 0 Å². The van der Waals surface area contributed by atoms with Crippen molar-refractivity contribution in [3.05, 3.63) is 30.1 Å². The SMILES string of the molecule is CCCCC#CCC[n+]1cccc([C@@H]2CCCN2C)c1.[Br-]. The van der Waals surface area contributed by atoms with E-state index in [-0.39, 0.29) is 17.0 Å². The minimum atomic E-state index is 0. The predicted molar refractivity (Wildman–Crippen MR) is 83.2 cm³/mol. The van der Waals surface area contributed by atoms with Crippen LogP contribution in [0.2, 0.25) is 0 Å². The van der Waals surface area contributed by atoms with Crippen LogP contribution in [0.4, 0.5) is 0 Å². The maximum Gasteiger partial charge on any atom is 0.173 e. The molecule has 0 aromatic carbocycles. The fraction of sp³-hybridized carbons (Fsp3) is 0.611. The summed E-state index contributed by atoms with van der Waals surface area (Å²) < 4.78 is 2.29. The van der Waals surface area contributed by atoms with E-state index in [2.05, 4.69) is 59.8 Å². The van der Waals surface area contributed by atoms with E-state index in [0.29, 0.717) is 6.04 Å². The van der Waals surface area contributed by atoms with Crippen LogP contribution in [0.3, 0.4) is 0 Å². The Morgan fingerprint density at radius 1 is 1.33 bits per heavy atom. The van der Waals surface area contributed by atoms with Gasteiger partial charge in [-0.1, -0.05) is 19.3 Å².